The van der Waals surface area contributed by atoms with Gasteiger partial charge < -0.3 is 15.4 Å². The minimum absolute atomic E-state index is 0.00404. The predicted octanol–water partition coefficient (Wildman–Crippen LogP) is 2.07. The van der Waals surface area contributed by atoms with E-state index in [9.17, 15) is 4.79 Å². The van der Waals surface area contributed by atoms with Crippen LogP contribution in [0.25, 0.3) is 0 Å². The number of amides is 1. The number of ether oxygens (including phenoxy) is 1. The summed E-state index contributed by atoms with van der Waals surface area (Å²) in [5, 5.41) is 5.93. The van der Waals surface area contributed by atoms with Crippen LogP contribution in [0.1, 0.15) is 19.4 Å². The van der Waals surface area contributed by atoms with Crippen LogP contribution < -0.4 is 15.4 Å². The van der Waals surface area contributed by atoms with Gasteiger partial charge in [0, 0.05) is 12.6 Å². The minimum atomic E-state index is -0.00404. The molecule has 5 heteroatoms. The van der Waals surface area contributed by atoms with Crippen LogP contribution in [0.3, 0.4) is 0 Å². The largest absolute Gasteiger partial charge is 0.496 e. The molecule has 2 N–H and O–H groups in total. The normalized spacial score (nSPS) is 10.5. The summed E-state index contributed by atoms with van der Waals surface area (Å²) in [5.41, 5.74) is 1.03. The van der Waals surface area contributed by atoms with Crippen molar-refractivity contribution in [3.63, 3.8) is 0 Å². The van der Waals surface area contributed by atoms with Gasteiger partial charge in [0.1, 0.15) is 5.75 Å². The summed E-state index contributed by atoms with van der Waals surface area (Å²) >= 11 is 3.41. The Balaban J connectivity index is 2.43. The molecule has 0 spiro atoms. The number of methoxy groups -OCH3 is 1. The first-order chi connectivity index (χ1) is 8.52. The Labute approximate surface area is 116 Å². The predicted molar refractivity (Wildman–Crippen MR) is 75.7 cm³/mol. The fourth-order valence-electron chi connectivity index (χ4n) is 1.38. The zero-order valence-corrected chi connectivity index (χ0v) is 12.5. The fraction of sp³-hybridized carbons (Fsp3) is 0.462. The van der Waals surface area contributed by atoms with Gasteiger partial charge in [-0.1, -0.05) is 19.9 Å². The van der Waals surface area contributed by atoms with Gasteiger partial charge in [-0.3, -0.25) is 4.79 Å². The van der Waals surface area contributed by atoms with Crippen LogP contribution in [-0.4, -0.2) is 25.6 Å². The summed E-state index contributed by atoms with van der Waals surface area (Å²) in [5.74, 6) is 0.780. The maximum Gasteiger partial charge on any atom is 0.234 e. The van der Waals surface area contributed by atoms with Crippen molar-refractivity contribution in [2.75, 3.05) is 13.7 Å². The van der Waals surface area contributed by atoms with Crippen LogP contribution in [0.15, 0.2) is 22.7 Å². The lowest BCUT2D eigenvalue weighted by atomic mass is 10.2. The van der Waals surface area contributed by atoms with E-state index in [-0.39, 0.29) is 5.91 Å². The van der Waals surface area contributed by atoms with Gasteiger partial charge in [0.05, 0.1) is 18.1 Å². The third-order valence-corrected chi connectivity index (χ3v) is 3.00. The Morgan fingerprint density at radius 3 is 2.72 bits per heavy atom. The molecule has 0 aliphatic rings. The standard InChI is InChI=1S/C13H19BrN2O2/c1-9(2)15-8-13(17)16-7-10-4-5-12(18-3)11(14)6-10/h4-6,9,15H,7-8H2,1-3H3,(H,16,17). The van der Waals surface area contributed by atoms with Crippen LogP contribution in [0.4, 0.5) is 0 Å². The van der Waals surface area contributed by atoms with Gasteiger partial charge in [-0.05, 0) is 33.6 Å². The minimum Gasteiger partial charge on any atom is -0.496 e. The molecule has 100 valence electrons. The smallest absolute Gasteiger partial charge is 0.234 e. The molecule has 4 nitrogen and oxygen atoms in total. The summed E-state index contributed by atoms with van der Waals surface area (Å²) in [7, 11) is 1.62. The first-order valence-corrected chi connectivity index (χ1v) is 6.64. The van der Waals surface area contributed by atoms with Crippen LogP contribution in [0.5, 0.6) is 5.75 Å². The van der Waals surface area contributed by atoms with Crippen LogP contribution >= 0.6 is 15.9 Å². The van der Waals surface area contributed by atoms with E-state index in [0.717, 1.165) is 15.8 Å². The molecule has 1 rings (SSSR count). The van der Waals surface area contributed by atoms with E-state index in [1.807, 2.05) is 32.0 Å². The van der Waals surface area contributed by atoms with Crippen LogP contribution in [-0.2, 0) is 11.3 Å². The Morgan fingerprint density at radius 2 is 2.17 bits per heavy atom. The van der Waals surface area contributed by atoms with E-state index in [4.69, 9.17) is 4.74 Å². The Hall–Kier alpha value is -1.07. The molecule has 0 aromatic heterocycles. The van der Waals surface area contributed by atoms with E-state index in [1.54, 1.807) is 7.11 Å². The number of rotatable bonds is 6. The zero-order valence-electron chi connectivity index (χ0n) is 10.9. The maximum atomic E-state index is 11.5. The number of carbonyl (C=O) groups excluding carboxylic acids is 1. The van der Waals surface area contributed by atoms with Gasteiger partial charge in [0.2, 0.25) is 5.91 Å². The molecule has 0 aliphatic carbocycles. The molecule has 0 saturated heterocycles. The third kappa shape index (κ3) is 5.06. The van der Waals surface area contributed by atoms with Crippen molar-refractivity contribution in [2.24, 2.45) is 0 Å². The number of nitrogens with one attached hydrogen (secondary N) is 2. The Kier molecular flexibility index (Phi) is 6.15. The average Bonchev–Trinajstić information content (AvgIpc) is 2.34. The number of halogens is 1. The van der Waals surface area contributed by atoms with Crippen molar-refractivity contribution in [3.05, 3.63) is 28.2 Å². The molecule has 0 radical (unpaired) electrons. The molecule has 0 aliphatic heterocycles. The molecule has 0 saturated carbocycles. The molecular formula is C13H19BrN2O2. The second-order valence-corrected chi connectivity index (χ2v) is 5.14. The van der Waals surface area contributed by atoms with Crippen molar-refractivity contribution in [1.29, 1.82) is 0 Å². The lowest BCUT2D eigenvalue weighted by Gasteiger charge is -2.10. The summed E-state index contributed by atoms with van der Waals surface area (Å²) in [6.07, 6.45) is 0. The highest BCUT2D eigenvalue weighted by molar-refractivity contribution is 9.10. The SMILES string of the molecule is COc1ccc(CNC(=O)CNC(C)C)cc1Br. The molecule has 0 unspecified atom stereocenters. The van der Waals surface area contributed by atoms with E-state index < -0.39 is 0 Å². The lowest BCUT2D eigenvalue weighted by molar-refractivity contribution is -0.120. The molecule has 0 atom stereocenters. The second kappa shape index (κ2) is 7.38. The summed E-state index contributed by atoms with van der Waals surface area (Å²) in [4.78, 5) is 11.5. The highest BCUT2D eigenvalue weighted by Gasteiger charge is 2.04. The molecule has 1 aromatic rings. The number of carbonyl (C=O) groups is 1. The van der Waals surface area contributed by atoms with Crippen molar-refractivity contribution < 1.29 is 9.53 Å². The van der Waals surface area contributed by atoms with E-state index in [2.05, 4.69) is 26.6 Å². The number of hydrogen-bond acceptors (Lipinski definition) is 3. The van der Waals surface area contributed by atoms with Gasteiger partial charge in [-0.15, -0.1) is 0 Å². The second-order valence-electron chi connectivity index (χ2n) is 4.28. The van der Waals surface area contributed by atoms with Gasteiger partial charge >= 0.3 is 0 Å². The molecule has 0 bridgehead atoms. The van der Waals surface area contributed by atoms with Crippen molar-refractivity contribution in [3.8, 4) is 5.75 Å². The Morgan fingerprint density at radius 1 is 1.44 bits per heavy atom. The van der Waals surface area contributed by atoms with E-state index in [1.165, 1.54) is 0 Å². The maximum absolute atomic E-state index is 11.5. The molecule has 1 aromatic carbocycles. The van der Waals surface area contributed by atoms with Crippen LogP contribution in [0.2, 0.25) is 0 Å². The molecule has 0 heterocycles. The quantitative estimate of drug-likeness (QED) is 0.845. The third-order valence-electron chi connectivity index (χ3n) is 2.38. The lowest BCUT2D eigenvalue weighted by Crippen LogP contribution is -2.36. The Bertz CT molecular complexity index is 408. The number of benzene rings is 1. The van der Waals surface area contributed by atoms with E-state index >= 15 is 0 Å². The monoisotopic (exact) mass is 314 g/mol. The highest BCUT2D eigenvalue weighted by Crippen LogP contribution is 2.25. The molecule has 18 heavy (non-hydrogen) atoms. The number of hydrogen-bond donors (Lipinski definition) is 2. The highest BCUT2D eigenvalue weighted by atomic mass is 79.9. The molecular weight excluding hydrogens is 296 g/mol. The first-order valence-electron chi connectivity index (χ1n) is 5.85. The summed E-state index contributed by atoms with van der Waals surface area (Å²) in [6.45, 7) is 4.87. The topological polar surface area (TPSA) is 50.4 Å². The van der Waals surface area contributed by atoms with Crippen molar-refractivity contribution >= 4 is 21.8 Å². The molecule has 1 amide bonds. The average molecular weight is 315 g/mol. The van der Waals surface area contributed by atoms with Crippen molar-refractivity contribution in [2.45, 2.75) is 26.4 Å². The zero-order chi connectivity index (χ0) is 13.5. The van der Waals surface area contributed by atoms with Gasteiger partial charge in [-0.2, -0.15) is 0 Å². The summed E-state index contributed by atoms with van der Waals surface area (Å²) < 4.78 is 6.03. The van der Waals surface area contributed by atoms with E-state index in [0.29, 0.717) is 19.1 Å². The van der Waals surface area contributed by atoms with Gasteiger partial charge in [0.25, 0.3) is 0 Å². The van der Waals surface area contributed by atoms with Crippen molar-refractivity contribution in [1.82, 2.24) is 10.6 Å². The first kappa shape index (κ1) is 15.0. The summed E-state index contributed by atoms with van der Waals surface area (Å²) in [6, 6.07) is 6.05. The molecule has 0 fully saturated rings. The fourth-order valence-corrected chi connectivity index (χ4v) is 1.97. The van der Waals surface area contributed by atoms with Crippen LogP contribution in [0, 0.1) is 0 Å². The van der Waals surface area contributed by atoms with Gasteiger partial charge in [-0.25, -0.2) is 0 Å². The van der Waals surface area contributed by atoms with Gasteiger partial charge in [0.15, 0.2) is 0 Å².